The van der Waals surface area contributed by atoms with Crippen LogP contribution in [0.15, 0.2) is 12.1 Å². The number of anilines is 1. The molecule has 0 radical (unpaired) electrons. The Kier molecular flexibility index (Phi) is 2.76. The Morgan fingerprint density at radius 2 is 2.00 bits per heavy atom. The molecule has 2 aromatic rings. The molecule has 0 unspecified atom stereocenters. The molecule has 3 rings (SSSR count). The molecule has 0 aliphatic carbocycles. The van der Waals surface area contributed by atoms with Crippen molar-refractivity contribution in [2.45, 2.75) is 32.7 Å². The standard InChI is InChI=1S/C13H13ClF2N4/c1-6-18-19-12-13(2,3)17-9-8(14)5-4-7(11(15)16)10(9)20(6)12/h4-5,11,17H,1-3H3. The van der Waals surface area contributed by atoms with Crippen LogP contribution in [-0.4, -0.2) is 14.8 Å². The van der Waals surface area contributed by atoms with Crippen molar-refractivity contribution < 1.29 is 8.78 Å². The van der Waals surface area contributed by atoms with Gasteiger partial charge in [0.25, 0.3) is 6.43 Å². The largest absolute Gasteiger partial charge is 0.370 e. The highest BCUT2D eigenvalue weighted by Crippen LogP contribution is 2.44. The highest BCUT2D eigenvalue weighted by atomic mass is 35.5. The van der Waals surface area contributed by atoms with Crippen LogP contribution in [0.5, 0.6) is 0 Å². The number of rotatable bonds is 1. The van der Waals surface area contributed by atoms with Gasteiger partial charge in [-0.25, -0.2) is 8.78 Å². The lowest BCUT2D eigenvalue weighted by molar-refractivity contribution is 0.151. The maximum absolute atomic E-state index is 13.3. The Balaban J connectivity index is 2.41. The van der Waals surface area contributed by atoms with Crippen LogP contribution >= 0.6 is 11.6 Å². The number of benzene rings is 1. The van der Waals surface area contributed by atoms with Crippen molar-refractivity contribution in [2.75, 3.05) is 5.32 Å². The van der Waals surface area contributed by atoms with Crippen LogP contribution in [0.3, 0.4) is 0 Å². The average Bonchev–Trinajstić information content (AvgIpc) is 2.74. The highest BCUT2D eigenvalue weighted by Gasteiger charge is 2.37. The van der Waals surface area contributed by atoms with Crippen LogP contribution in [0, 0.1) is 6.92 Å². The smallest absolute Gasteiger partial charge is 0.265 e. The van der Waals surface area contributed by atoms with Gasteiger partial charge in [0.1, 0.15) is 5.82 Å². The quantitative estimate of drug-likeness (QED) is 0.870. The molecule has 0 atom stereocenters. The molecule has 1 aromatic heterocycles. The maximum atomic E-state index is 13.3. The van der Waals surface area contributed by atoms with Crippen molar-refractivity contribution in [1.82, 2.24) is 14.8 Å². The summed E-state index contributed by atoms with van der Waals surface area (Å²) in [5.74, 6) is 1.15. The number of hydrogen-bond acceptors (Lipinski definition) is 3. The minimum absolute atomic E-state index is 0.0865. The molecule has 4 nitrogen and oxygen atoms in total. The summed E-state index contributed by atoms with van der Waals surface area (Å²) in [6.45, 7) is 5.54. The Hall–Kier alpha value is -1.69. The zero-order chi connectivity index (χ0) is 14.7. The molecule has 7 heteroatoms. The molecular formula is C13H13ClF2N4. The fraction of sp³-hybridized carbons (Fsp3) is 0.385. The molecule has 20 heavy (non-hydrogen) atoms. The van der Waals surface area contributed by atoms with Crippen LogP contribution in [0.1, 0.15) is 37.5 Å². The summed E-state index contributed by atoms with van der Waals surface area (Å²) in [5, 5.41) is 11.7. The summed E-state index contributed by atoms with van der Waals surface area (Å²) in [6.07, 6.45) is -2.60. The molecule has 1 N–H and O–H groups in total. The molecule has 0 saturated heterocycles. The minimum Gasteiger partial charge on any atom is -0.370 e. The first kappa shape index (κ1) is 13.3. The summed E-state index contributed by atoms with van der Waals surface area (Å²) in [7, 11) is 0. The van der Waals surface area contributed by atoms with Crippen molar-refractivity contribution in [2.24, 2.45) is 0 Å². The first-order chi connectivity index (χ1) is 9.33. The van der Waals surface area contributed by atoms with Crippen LogP contribution < -0.4 is 5.32 Å². The minimum atomic E-state index is -2.60. The molecule has 2 heterocycles. The van der Waals surface area contributed by atoms with Crippen molar-refractivity contribution >= 4 is 17.3 Å². The number of alkyl halides is 2. The van der Waals surface area contributed by atoms with Gasteiger partial charge < -0.3 is 5.32 Å². The molecule has 0 amide bonds. The predicted molar refractivity (Wildman–Crippen MR) is 72.7 cm³/mol. The van der Waals surface area contributed by atoms with E-state index < -0.39 is 12.0 Å². The van der Waals surface area contributed by atoms with Gasteiger partial charge in [-0.2, -0.15) is 0 Å². The Bertz CT molecular complexity index is 694. The zero-order valence-electron chi connectivity index (χ0n) is 11.2. The number of nitrogens with one attached hydrogen (secondary N) is 1. The normalized spacial score (nSPS) is 15.8. The number of aromatic nitrogens is 3. The monoisotopic (exact) mass is 298 g/mol. The third-order valence-corrected chi connectivity index (χ3v) is 3.75. The third kappa shape index (κ3) is 1.71. The number of fused-ring (bicyclic) bond motifs is 3. The van der Waals surface area contributed by atoms with E-state index in [0.29, 0.717) is 28.0 Å². The first-order valence-electron chi connectivity index (χ1n) is 6.14. The van der Waals surface area contributed by atoms with Crippen molar-refractivity contribution in [3.05, 3.63) is 34.4 Å². The van der Waals surface area contributed by atoms with Crippen LogP contribution in [0.4, 0.5) is 14.5 Å². The van der Waals surface area contributed by atoms with Gasteiger partial charge >= 0.3 is 0 Å². The molecular weight excluding hydrogens is 286 g/mol. The van der Waals surface area contributed by atoms with Crippen LogP contribution in [0.2, 0.25) is 5.02 Å². The Morgan fingerprint density at radius 1 is 1.30 bits per heavy atom. The lowest BCUT2D eigenvalue weighted by Gasteiger charge is -2.35. The third-order valence-electron chi connectivity index (χ3n) is 3.44. The fourth-order valence-corrected chi connectivity index (χ4v) is 2.72. The van der Waals surface area contributed by atoms with E-state index in [1.807, 2.05) is 13.8 Å². The second kappa shape index (κ2) is 4.15. The summed E-state index contributed by atoms with van der Waals surface area (Å²) in [4.78, 5) is 0. The fourth-order valence-electron chi connectivity index (χ4n) is 2.52. The van der Waals surface area contributed by atoms with Crippen LogP contribution in [-0.2, 0) is 5.54 Å². The molecule has 1 aromatic carbocycles. The first-order valence-corrected chi connectivity index (χ1v) is 6.52. The van der Waals surface area contributed by atoms with Gasteiger partial charge in [-0.3, -0.25) is 4.57 Å². The van der Waals surface area contributed by atoms with Gasteiger partial charge in [0.15, 0.2) is 5.82 Å². The summed E-state index contributed by atoms with van der Waals surface area (Å²) in [6, 6.07) is 2.82. The topological polar surface area (TPSA) is 42.7 Å². The Morgan fingerprint density at radius 3 is 2.65 bits per heavy atom. The summed E-state index contributed by atoms with van der Waals surface area (Å²) in [5.41, 5.74) is 0.198. The average molecular weight is 299 g/mol. The van der Waals surface area contributed by atoms with Gasteiger partial charge in [0.2, 0.25) is 0 Å². The second-order valence-electron chi connectivity index (χ2n) is 5.32. The number of aryl methyl sites for hydroxylation is 1. The molecule has 1 aliphatic rings. The molecule has 106 valence electrons. The van der Waals surface area contributed by atoms with Gasteiger partial charge in [0, 0.05) is 5.56 Å². The predicted octanol–water partition coefficient (Wildman–Crippen LogP) is 3.83. The van der Waals surface area contributed by atoms with E-state index in [4.69, 9.17) is 11.6 Å². The Labute approximate surface area is 119 Å². The van der Waals surface area contributed by atoms with Crippen molar-refractivity contribution in [1.29, 1.82) is 0 Å². The summed E-state index contributed by atoms with van der Waals surface area (Å²) >= 11 is 6.17. The van der Waals surface area contributed by atoms with Crippen molar-refractivity contribution in [3.8, 4) is 5.69 Å². The maximum Gasteiger partial charge on any atom is 0.265 e. The van der Waals surface area contributed by atoms with Gasteiger partial charge in [-0.15, -0.1) is 10.2 Å². The lowest BCUT2D eigenvalue weighted by Crippen LogP contribution is -2.36. The van der Waals surface area contributed by atoms with E-state index in [1.165, 1.54) is 12.1 Å². The highest BCUT2D eigenvalue weighted by molar-refractivity contribution is 6.33. The molecule has 0 fully saturated rings. The molecule has 1 aliphatic heterocycles. The van der Waals surface area contributed by atoms with E-state index in [9.17, 15) is 8.78 Å². The van der Waals surface area contributed by atoms with E-state index in [-0.39, 0.29) is 5.56 Å². The van der Waals surface area contributed by atoms with Gasteiger partial charge in [-0.1, -0.05) is 11.6 Å². The van der Waals surface area contributed by atoms with E-state index in [1.54, 1.807) is 11.5 Å². The zero-order valence-corrected chi connectivity index (χ0v) is 12.0. The number of nitrogens with zero attached hydrogens (tertiary/aromatic N) is 3. The lowest BCUT2D eigenvalue weighted by atomic mass is 9.98. The molecule has 0 saturated carbocycles. The molecule has 0 bridgehead atoms. The van der Waals surface area contributed by atoms with Crippen LogP contribution in [0.25, 0.3) is 5.69 Å². The van der Waals surface area contributed by atoms with Crippen molar-refractivity contribution in [3.63, 3.8) is 0 Å². The summed E-state index contributed by atoms with van der Waals surface area (Å²) < 4.78 is 28.2. The number of hydrogen-bond donors (Lipinski definition) is 1. The molecule has 0 spiro atoms. The van der Waals surface area contributed by atoms with E-state index in [0.717, 1.165) is 0 Å². The van der Waals surface area contributed by atoms with Gasteiger partial charge in [0.05, 0.1) is 21.9 Å². The van der Waals surface area contributed by atoms with E-state index in [2.05, 4.69) is 15.5 Å². The van der Waals surface area contributed by atoms with E-state index >= 15 is 0 Å². The van der Waals surface area contributed by atoms with Gasteiger partial charge in [-0.05, 0) is 32.9 Å². The number of halogens is 3. The second-order valence-corrected chi connectivity index (χ2v) is 5.72. The SMILES string of the molecule is Cc1nnc2n1-c1c(C(F)F)ccc(Cl)c1NC2(C)C.